The van der Waals surface area contributed by atoms with Crippen molar-refractivity contribution < 1.29 is 0 Å². The lowest BCUT2D eigenvalue weighted by molar-refractivity contribution is 0.325. The fraction of sp³-hybridized carbons (Fsp3) is 0.647. The van der Waals surface area contributed by atoms with Gasteiger partial charge in [-0.3, -0.25) is 4.90 Å². The first kappa shape index (κ1) is 13.1. The molecule has 2 fully saturated rings. The van der Waals surface area contributed by atoms with Crippen molar-refractivity contribution in [2.75, 3.05) is 19.6 Å². The highest BCUT2D eigenvalue weighted by Crippen LogP contribution is 2.41. The molecule has 2 N–H and O–H groups in total. The zero-order valence-electron chi connectivity index (χ0n) is 11.9. The lowest BCUT2D eigenvalue weighted by Crippen LogP contribution is -2.34. The molecule has 1 saturated carbocycles. The van der Waals surface area contributed by atoms with Gasteiger partial charge < -0.3 is 5.73 Å². The van der Waals surface area contributed by atoms with E-state index in [0.717, 1.165) is 13.1 Å². The minimum absolute atomic E-state index is 0.274. The molecule has 2 heteroatoms. The van der Waals surface area contributed by atoms with Gasteiger partial charge in [-0.1, -0.05) is 37.1 Å². The van der Waals surface area contributed by atoms with E-state index in [1.165, 1.54) is 57.2 Å². The van der Waals surface area contributed by atoms with Gasteiger partial charge in [0.1, 0.15) is 0 Å². The van der Waals surface area contributed by atoms with Crippen molar-refractivity contribution in [3.8, 4) is 0 Å². The summed E-state index contributed by atoms with van der Waals surface area (Å²) in [7, 11) is 0. The number of hydrogen-bond acceptors (Lipinski definition) is 2. The van der Waals surface area contributed by atoms with Crippen LogP contribution in [0.5, 0.6) is 0 Å². The lowest BCUT2D eigenvalue weighted by atomic mass is 9.76. The van der Waals surface area contributed by atoms with E-state index in [2.05, 4.69) is 29.2 Å². The summed E-state index contributed by atoms with van der Waals surface area (Å²) in [6, 6.07) is 9.04. The Morgan fingerprint density at radius 3 is 2.37 bits per heavy atom. The molecule has 1 heterocycles. The van der Waals surface area contributed by atoms with Crippen LogP contribution in [0.4, 0.5) is 0 Å². The molecule has 1 aromatic rings. The molecule has 2 nitrogen and oxygen atoms in total. The van der Waals surface area contributed by atoms with E-state index >= 15 is 0 Å². The van der Waals surface area contributed by atoms with Gasteiger partial charge in [0.15, 0.2) is 0 Å². The minimum atomic E-state index is 0.274. The Kier molecular flexibility index (Phi) is 3.90. The highest BCUT2D eigenvalue weighted by Gasteiger charge is 2.35. The predicted octanol–water partition coefficient (Wildman–Crippen LogP) is 3.05. The Labute approximate surface area is 117 Å². The largest absolute Gasteiger partial charge is 0.330 e. The van der Waals surface area contributed by atoms with Crippen molar-refractivity contribution in [2.45, 2.75) is 50.5 Å². The van der Waals surface area contributed by atoms with Gasteiger partial charge in [0.05, 0.1) is 0 Å². The Bertz CT molecular complexity index is 415. The molecule has 19 heavy (non-hydrogen) atoms. The summed E-state index contributed by atoms with van der Waals surface area (Å²) in [5, 5.41) is 0. The van der Waals surface area contributed by atoms with Crippen LogP contribution in [0.1, 0.15) is 49.7 Å². The second-order valence-electron chi connectivity index (χ2n) is 6.33. The number of benzene rings is 1. The summed E-state index contributed by atoms with van der Waals surface area (Å²) in [5.41, 5.74) is 9.51. The monoisotopic (exact) mass is 258 g/mol. The van der Waals surface area contributed by atoms with Crippen LogP contribution < -0.4 is 5.73 Å². The van der Waals surface area contributed by atoms with Gasteiger partial charge in [0.2, 0.25) is 0 Å². The van der Waals surface area contributed by atoms with Crippen LogP contribution in [-0.4, -0.2) is 24.5 Å². The molecule has 1 aromatic carbocycles. The van der Waals surface area contributed by atoms with Gasteiger partial charge in [-0.25, -0.2) is 0 Å². The Balaban J connectivity index is 1.87. The molecule has 2 aliphatic rings. The normalized spacial score (nSPS) is 23.0. The molecule has 0 aromatic heterocycles. The molecule has 1 aliphatic carbocycles. The number of rotatable bonds is 4. The average molecular weight is 258 g/mol. The number of hydrogen-bond donors (Lipinski definition) is 1. The zero-order valence-corrected chi connectivity index (χ0v) is 11.9. The quantitative estimate of drug-likeness (QED) is 0.899. The molecule has 0 bridgehead atoms. The SMILES string of the molecule is NCC1(c2ccccc2CN2CCCC2)CCCC1. The van der Waals surface area contributed by atoms with Crippen LogP contribution in [-0.2, 0) is 12.0 Å². The van der Waals surface area contributed by atoms with E-state index in [-0.39, 0.29) is 5.41 Å². The molecule has 3 rings (SSSR count). The molecular formula is C17H26N2. The molecule has 0 spiro atoms. The first-order chi connectivity index (χ1) is 9.34. The summed E-state index contributed by atoms with van der Waals surface area (Å²) in [6.45, 7) is 4.47. The molecule has 0 radical (unpaired) electrons. The molecule has 0 unspecified atom stereocenters. The summed E-state index contributed by atoms with van der Waals surface area (Å²) < 4.78 is 0. The standard InChI is InChI=1S/C17H26N2/c18-14-17(9-3-4-10-17)16-8-2-1-7-15(16)13-19-11-5-6-12-19/h1-2,7-8H,3-6,9-14,18H2. The van der Waals surface area contributed by atoms with E-state index in [0.29, 0.717) is 0 Å². The first-order valence-electron chi connectivity index (χ1n) is 7.85. The third-order valence-corrected chi connectivity index (χ3v) is 5.13. The van der Waals surface area contributed by atoms with Crippen molar-refractivity contribution in [3.63, 3.8) is 0 Å². The summed E-state index contributed by atoms with van der Waals surface area (Å²) in [4.78, 5) is 2.60. The van der Waals surface area contributed by atoms with Crippen molar-refractivity contribution in [1.29, 1.82) is 0 Å². The maximum atomic E-state index is 6.16. The highest BCUT2D eigenvalue weighted by molar-refractivity contribution is 5.36. The van der Waals surface area contributed by atoms with Gasteiger partial charge in [-0.05, 0) is 49.9 Å². The van der Waals surface area contributed by atoms with Gasteiger partial charge in [-0.15, -0.1) is 0 Å². The number of nitrogens with two attached hydrogens (primary N) is 1. The van der Waals surface area contributed by atoms with Crippen molar-refractivity contribution in [3.05, 3.63) is 35.4 Å². The second-order valence-corrected chi connectivity index (χ2v) is 6.33. The number of likely N-dealkylation sites (tertiary alicyclic amines) is 1. The fourth-order valence-corrected chi connectivity index (χ4v) is 3.99. The third kappa shape index (κ3) is 2.56. The predicted molar refractivity (Wildman–Crippen MR) is 80.2 cm³/mol. The Morgan fingerprint density at radius 1 is 1.00 bits per heavy atom. The molecule has 0 atom stereocenters. The maximum absolute atomic E-state index is 6.16. The van der Waals surface area contributed by atoms with Gasteiger partial charge in [-0.2, -0.15) is 0 Å². The average Bonchev–Trinajstić information content (AvgIpc) is 3.11. The topological polar surface area (TPSA) is 29.3 Å². The van der Waals surface area contributed by atoms with E-state index in [1.807, 2.05) is 0 Å². The van der Waals surface area contributed by atoms with Crippen LogP contribution in [0.15, 0.2) is 24.3 Å². The van der Waals surface area contributed by atoms with Crippen molar-refractivity contribution in [2.24, 2.45) is 5.73 Å². The third-order valence-electron chi connectivity index (χ3n) is 5.13. The van der Waals surface area contributed by atoms with Gasteiger partial charge in [0.25, 0.3) is 0 Å². The smallest absolute Gasteiger partial charge is 0.0236 e. The molecule has 104 valence electrons. The Morgan fingerprint density at radius 2 is 1.68 bits per heavy atom. The lowest BCUT2D eigenvalue weighted by Gasteiger charge is -2.31. The maximum Gasteiger partial charge on any atom is 0.0236 e. The number of nitrogens with zero attached hydrogens (tertiary/aromatic N) is 1. The van der Waals surface area contributed by atoms with Crippen LogP contribution in [0.3, 0.4) is 0 Å². The van der Waals surface area contributed by atoms with Crippen LogP contribution in [0.25, 0.3) is 0 Å². The molecule has 1 saturated heterocycles. The molecule has 0 amide bonds. The van der Waals surface area contributed by atoms with Crippen molar-refractivity contribution in [1.82, 2.24) is 4.90 Å². The van der Waals surface area contributed by atoms with E-state index in [9.17, 15) is 0 Å². The van der Waals surface area contributed by atoms with Gasteiger partial charge >= 0.3 is 0 Å². The first-order valence-corrected chi connectivity index (χ1v) is 7.85. The van der Waals surface area contributed by atoms with Crippen LogP contribution in [0, 0.1) is 0 Å². The van der Waals surface area contributed by atoms with Crippen molar-refractivity contribution >= 4 is 0 Å². The zero-order chi connectivity index (χ0) is 13.1. The fourth-order valence-electron chi connectivity index (χ4n) is 3.99. The summed E-state index contributed by atoms with van der Waals surface area (Å²) >= 11 is 0. The van der Waals surface area contributed by atoms with Crippen LogP contribution in [0.2, 0.25) is 0 Å². The highest BCUT2D eigenvalue weighted by atomic mass is 15.1. The van der Waals surface area contributed by atoms with E-state index in [1.54, 1.807) is 5.56 Å². The second kappa shape index (κ2) is 5.64. The van der Waals surface area contributed by atoms with E-state index < -0.39 is 0 Å². The molecular weight excluding hydrogens is 232 g/mol. The summed E-state index contributed by atoms with van der Waals surface area (Å²) in [6.07, 6.45) is 7.97. The van der Waals surface area contributed by atoms with Gasteiger partial charge in [0, 0.05) is 18.5 Å². The molecule has 1 aliphatic heterocycles. The minimum Gasteiger partial charge on any atom is -0.330 e. The summed E-state index contributed by atoms with van der Waals surface area (Å²) in [5.74, 6) is 0. The Hall–Kier alpha value is -0.860. The van der Waals surface area contributed by atoms with E-state index in [4.69, 9.17) is 5.73 Å². The van der Waals surface area contributed by atoms with Crippen LogP contribution >= 0.6 is 0 Å².